The number of ether oxygens (including phenoxy) is 1. The van der Waals surface area contributed by atoms with Crippen LogP contribution < -0.4 is 19.7 Å². The maximum Gasteiger partial charge on any atom is 0.416 e. The summed E-state index contributed by atoms with van der Waals surface area (Å²) < 4.78 is 91.0. The fourth-order valence-electron chi connectivity index (χ4n) is 3.12. The zero-order chi connectivity index (χ0) is 25.6. The quantitative estimate of drug-likeness (QED) is 0.283. The molecule has 0 amide bonds. The van der Waals surface area contributed by atoms with Crippen LogP contribution in [-0.4, -0.2) is 44.5 Å². The maximum absolute atomic E-state index is 13.9. The van der Waals surface area contributed by atoms with Gasteiger partial charge in [-0.15, -0.1) is 0 Å². The van der Waals surface area contributed by atoms with Crippen molar-refractivity contribution in [3.8, 4) is 5.75 Å². The maximum atomic E-state index is 13.9. The third kappa shape index (κ3) is 7.02. The summed E-state index contributed by atoms with van der Waals surface area (Å²) in [6.45, 7) is 3.33. The first kappa shape index (κ1) is 26.6. The fraction of sp³-hybridized carbons (Fsp3) is 0.333. The zero-order valence-corrected chi connectivity index (χ0v) is 20.4. The van der Waals surface area contributed by atoms with E-state index in [1.54, 1.807) is 11.9 Å². The molecule has 2 N–H and O–H groups in total. The van der Waals surface area contributed by atoms with E-state index in [0.717, 1.165) is 48.2 Å². The van der Waals surface area contributed by atoms with Crippen molar-refractivity contribution in [3.63, 3.8) is 0 Å². The van der Waals surface area contributed by atoms with Gasteiger partial charge in [-0.1, -0.05) is 13.0 Å². The van der Waals surface area contributed by atoms with Gasteiger partial charge in [0, 0.05) is 42.9 Å². The fourth-order valence-corrected chi connectivity index (χ4v) is 4.93. The van der Waals surface area contributed by atoms with Gasteiger partial charge < -0.3 is 15.0 Å². The van der Waals surface area contributed by atoms with E-state index in [1.807, 2.05) is 6.92 Å². The van der Waals surface area contributed by atoms with E-state index < -0.39 is 32.5 Å². The molecule has 0 saturated heterocycles. The summed E-state index contributed by atoms with van der Waals surface area (Å²) in [5.74, 6) is -0.988. The van der Waals surface area contributed by atoms with Crippen molar-refractivity contribution < 1.29 is 30.7 Å². The molecule has 3 aromatic rings. The van der Waals surface area contributed by atoms with Crippen LogP contribution >= 0.6 is 11.5 Å². The third-order valence-electron chi connectivity index (χ3n) is 4.86. The number of alkyl halides is 3. The Bertz CT molecular complexity index is 1240. The van der Waals surface area contributed by atoms with Gasteiger partial charge in [0.05, 0.1) is 5.56 Å². The number of halogens is 4. The molecular formula is C21H23F4N5O3S2. The molecule has 0 aliphatic heterocycles. The summed E-state index contributed by atoms with van der Waals surface area (Å²) in [6.07, 6.45) is -3.38. The first-order valence-corrected chi connectivity index (χ1v) is 12.6. The van der Waals surface area contributed by atoms with E-state index in [4.69, 9.17) is 4.74 Å². The van der Waals surface area contributed by atoms with Crippen molar-refractivity contribution >= 4 is 32.4 Å². The molecule has 1 heterocycles. The van der Waals surface area contributed by atoms with Crippen molar-refractivity contribution in [3.05, 3.63) is 59.7 Å². The Hall–Kier alpha value is -2.97. The number of nitrogens with zero attached hydrogens (tertiary/aromatic N) is 3. The van der Waals surface area contributed by atoms with Gasteiger partial charge in [0.1, 0.15) is 29.4 Å². The first-order valence-electron chi connectivity index (χ1n) is 10.3. The van der Waals surface area contributed by atoms with Gasteiger partial charge in [-0.25, -0.2) is 17.8 Å². The normalized spacial score (nSPS) is 11.9. The third-order valence-corrected chi connectivity index (χ3v) is 6.93. The summed E-state index contributed by atoms with van der Waals surface area (Å²) in [7, 11) is -2.63. The molecular weight excluding hydrogens is 510 g/mol. The van der Waals surface area contributed by atoms with E-state index in [1.165, 1.54) is 6.07 Å². The summed E-state index contributed by atoms with van der Waals surface area (Å²) in [4.78, 5) is 4.91. The minimum absolute atomic E-state index is 0.0208. The summed E-state index contributed by atoms with van der Waals surface area (Å²) in [6, 6.07) is 6.18. The highest BCUT2D eigenvalue weighted by atomic mass is 32.2. The molecule has 0 aliphatic carbocycles. The molecule has 0 spiro atoms. The molecule has 190 valence electrons. The molecule has 0 bridgehead atoms. The topological polar surface area (TPSA) is 96.5 Å². The van der Waals surface area contributed by atoms with E-state index in [0.29, 0.717) is 25.2 Å². The lowest BCUT2D eigenvalue weighted by Crippen LogP contribution is -2.30. The average molecular weight is 534 g/mol. The van der Waals surface area contributed by atoms with Gasteiger partial charge in [0.15, 0.2) is 0 Å². The lowest BCUT2D eigenvalue weighted by molar-refractivity contribution is -0.137. The van der Waals surface area contributed by atoms with Crippen molar-refractivity contribution in [1.29, 1.82) is 0 Å². The van der Waals surface area contributed by atoms with Crippen molar-refractivity contribution in [2.75, 3.05) is 36.3 Å². The van der Waals surface area contributed by atoms with E-state index in [2.05, 4.69) is 19.4 Å². The van der Waals surface area contributed by atoms with Crippen LogP contribution in [0.3, 0.4) is 0 Å². The number of benzene rings is 2. The second-order valence-corrected chi connectivity index (χ2v) is 9.78. The molecule has 8 nitrogen and oxygen atoms in total. The number of aromatic nitrogens is 2. The van der Waals surface area contributed by atoms with Crippen LogP contribution in [0.4, 0.5) is 28.4 Å². The van der Waals surface area contributed by atoms with Crippen LogP contribution in [0.1, 0.15) is 18.1 Å². The minimum atomic E-state index is -4.54. The summed E-state index contributed by atoms with van der Waals surface area (Å²) in [5.41, 5.74) is -0.157. The summed E-state index contributed by atoms with van der Waals surface area (Å²) in [5, 5.41) is 3.08. The monoisotopic (exact) mass is 533 g/mol. The van der Waals surface area contributed by atoms with Gasteiger partial charge in [0.25, 0.3) is 10.0 Å². The largest absolute Gasteiger partial charge is 0.487 e. The summed E-state index contributed by atoms with van der Waals surface area (Å²) >= 11 is 0.793. The van der Waals surface area contributed by atoms with E-state index >= 15 is 0 Å². The standard InChI is InChI=1S/C21H23F4N5O3S2/c1-3-26-8-9-30(2)17-10-15(21(23,24)25)5-4-14(17)12-33-18-7-6-16(22)11-19(18)35(31,32)29-20-27-13-28-34-20/h4-7,10-11,13,26H,3,8-9,12H2,1-2H3,(H,27,28,29). The van der Waals surface area contributed by atoms with Gasteiger partial charge >= 0.3 is 6.18 Å². The minimum Gasteiger partial charge on any atom is -0.487 e. The van der Waals surface area contributed by atoms with Gasteiger partial charge in [-0.2, -0.15) is 17.5 Å². The highest BCUT2D eigenvalue weighted by Gasteiger charge is 2.31. The highest BCUT2D eigenvalue weighted by molar-refractivity contribution is 7.93. The molecule has 0 saturated carbocycles. The predicted molar refractivity (Wildman–Crippen MR) is 125 cm³/mol. The molecule has 2 aromatic carbocycles. The highest BCUT2D eigenvalue weighted by Crippen LogP contribution is 2.34. The van der Waals surface area contributed by atoms with Gasteiger partial charge in [0.2, 0.25) is 5.13 Å². The SMILES string of the molecule is CCNCCN(C)c1cc(C(F)(F)F)ccc1COc1ccc(F)cc1S(=O)(=O)Nc1ncns1. The molecule has 0 radical (unpaired) electrons. The molecule has 3 rings (SSSR count). The first-order chi connectivity index (χ1) is 16.5. The zero-order valence-electron chi connectivity index (χ0n) is 18.8. The molecule has 35 heavy (non-hydrogen) atoms. The smallest absolute Gasteiger partial charge is 0.416 e. The average Bonchev–Trinajstić information content (AvgIpc) is 3.30. The molecule has 0 fully saturated rings. The predicted octanol–water partition coefficient (Wildman–Crippen LogP) is 4.12. The van der Waals surface area contributed by atoms with Crippen LogP contribution in [0.2, 0.25) is 0 Å². The number of nitrogens with one attached hydrogen (secondary N) is 2. The van der Waals surface area contributed by atoms with Gasteiger partial charge in [-0.05, 0) is 36.9 Å². The number of sulfonamides is 1. The Morgan fingerprint density at radius 3 is 2.60 bits per heavy atom. The van der Waals surface area contributed by atoms with E-state index in [9.17, 15) is 26.0 Å². The van der Waals surface area contributed by atoms with Crippen LogP contribution in [0, 0.1) is 5.82 Å². The molecule has 14 heteroatoms. The molecule has 0 unspecified atom stereocenters. The van der Waals surface area contributed by atoms with Crippen LogP contribution in [0.25, 0.3) is 0 Å². The second-order valence-electron chi connectivity index (χ2n) is 7.35. The van der Waals surface area contributed by atoms with Gasteiger partial charge in [-0.3, -0.25) is 4.72 Å². The Labute approximate surface area is 204 Å². The lowest BCUT2D eigenvalue weighted by Gasteiger charge is -2.24. The van der Waals surface area contributed by atoms with Crippen molar-refractivity contribution in [1.82, 2.24) is 14.7 Å². The van der Waals surface area contributed by atoms with Crippen molar-refractivity contribution in [2.45, 2.75) is 24.6 Å². The second kappa shape index (κ2) is 11.2. The number of rotatable bonds is 11. The van der Waals surface area contributed by atoms with Crippen LogP contribution in [0.15, 0.2) is 47.6 Å². The van der Waals surface area contributed by atoms with Crippen molar-refractivity contribution in [2.24, 2.45) is 0 Å². The Balaban J connectivity index is 1.90. The van der Waals surface area contributed by atoms with Crippen LogP contribution in [-0.2, 0) is 22.8 Å². The number of hydrogen-bond acceptors (Lipinski definition) is 8. The molecule has 0 atom stereocenters. The number of likely N-dealkylation sites (N-methyl/N-ethyl adjacent to an activating group) is 2. The molecule has 0 aliphatic rings. The Kier molecular flexibility index (Phi) is 8.51. The number of anilines is 2. The van der Waals surface area contributed by atoms with E-state index in [-0.39, 0.29) is 23.2 Å². The lowest BCUT2D eigenvalue weighted by atomic mass is 10.1. The molecule has 1 aromatic heterocycles. The van der Waals surface area contributed by atoms with Crippen LogP contribution in [0.5, 0.6) is 5.75 Å². The Morgan fingerprint density at radius 2 is 1.94 bits per heavy atom. The Morgan fingerprint density at radius 1 is 1.17 bits per heavy atom. The number of hydrogen-bond donors (Lipinski definition) is 2.